The highest BCUT2D eigenvalue weighted by atomic mass is 35.5. The Morgan fingerprint density at radius 3 is 2.29 bits per heavy atom. The topological polar surface area (TPSA) is 76.1 Å². The number of amides is 2. The first kappa shape index (κ1) is 24.1. The monoisotopic (exact) mass is 496 g/mol. The number of likely N-dealkylation sites (tertiary alicyclic amines) is 3. The molecule has 7 nitrogen and oxygen atoms in total. The maximum absolute atomic E-state index is 12.7. The number of piperidine rings is 1. The van der Waals surface area contributed by atoms with E-state index in [9.17, 15) is 14.7 Å². The lowest BCUT2D eigenvalue weighted by Crippen LogP contribution is -2.60. The van der Waals surface area contributed by atoms with E-state index in [2.05, 4.69) is 10.2 Å². The maximum Gasteiger partial charge on any atom is 0.256 e. The van der Waals surface area contributed by atoms with E-state index in [0.717, 1.165) is 57.5 Å². The summed E-state index contributed by atoms with van der Waals surface area (Å²) in [5.74, 6) is -0.184. The summed E-state index contributed by atoms with van der Waals surface area (Å²) < 4.78 is 0. The number of carbonyl (C=O) groups excluding carboxylic acids is 2. The van der Waals surface area contributed by atoms with Crippen molar-refractivity contribution in [2.24, 2.45) is 0 Å². The van der Waals surface area contributed by atoms with Gasteiger partial charge in [-0.3, -0.25) is 14.5 Å². The van der Waals surface area contributed by atoms with Crippen LogP contribution in [0.25, 0.3) is 0 Å². The highest BCUT2D eigenvalue weighted by Gasteiger charge is 2.36. The van der Waals surface area contributed by atoms with Crippen molar-refractivity contribution in [3.8, 4) is 0 Å². The molecule has 8 heteroatoms. The summed E-state index contributed by atoms with van der Waals surface area (Å²) >= 11 is 6.45. The van der Waals surface area contributed by atoms with E-state index in [-0.39, 0.29) is 11.8 Å². The minimum atomic E-state index is -1.09. The number of rotatable bonds is 6. The number of nitrogens with one attached hydrogen (secondary N) is 1. The minimum absolute atomic E-state index is 0.0231. The Labute approximate surface area is 211 Å². The molecule has 3 fully saturated rings. The molecule has 0 bridgehead atoms. The molecule has 0 aliphatic carbocycles. The normalized spacial score (nSPS) is 20.5. The average Bonchev–Trinajstić information content (AvgIpc) is 3.41. The van der Waals surface area contributed by atoms with Crippen LogP contribution in [0.4, 0.5) is 5.69 Å². The van der Waals surface area contributed by atoms with Crippen LogP contribution in [0.5, 0.6) is 0 Å². The third-order valence-corrected chi connectivity index (χ3v) is 7.83. The predicted octanol–water partition coefficient (Wildman–Crippen LogP) is 3.40. The molecule has 2 aromatic rings. The van der Waals surface area contributed by atoms with Gasteiger partial charge in [-0.2, -0.15) is 0 Å². The number of aliphatic hydroxyl groups is 1. The van der Waals surface area contributed by atoms with Gasteiger partial charge in [0, 0.05) is 51.0 Å². The van der Waals surface area contributed by atoms with Gasteiger partial charge in [0.1, 0.15) is 0 Å². The number of nitrogens with zero attached hydrogens (tertiary/aromatic N) is 3. The Hall–Kier alpha value is -2.61. The summed E-state index contributed by atoms with van der Waals surface area (Å²) in [5, 5.41) is 14.5. The first-order chi connectivity index (χ1) is 17.0. The fraction of sp³-hybridized carbons (Fsp3) is 0.481. The van der Waals surface area contributed by atoms with Gasteiger partial charge >= 0.3 is 0 Å². The summed E-state index contributed by atoms with van der Waals surface area (Å²) in [6.45, 7) is 4.85. The molecular formula is C27H33ClN4O3. The van der Waals surface area contributed by atoms with E-state index in [1.165, 1.54) is 0 Å². The Balaban J connectivity index is 1.07. The Kier molecular flexibility index (Phi) is 7.27. The van der Waals surface area contributed by atoms with Crippen LogP contribution in [0.2, 0.25) is 5.02 Å². The second kappa shape index (κ2) is 10.6. The van der Waals surface area contributed by atoms with Gasteiger partial charge in [0.25, 0.3) is 11.8 Å². The Bertz CT molecular complexity index is 1050. The van der Waals surface area contributed by atoms with Crippen molar-refractivity contribution in [3.63, 3.8) is 0 Å². The number of halogens is 1. The molecule has 186 valence electrons. The highest BCUT2D eigenvalue weighted by molar-refractivity contribution is 6.34. The smallest absolute Gasteiger partial charge is 0.256 e. The molecule has 0 aromatic heterocycles. The molecule has 1 atom stereocenters. The van der Waals surface area contributed by atoms with Crippen LogP contribution in [-0.4, -0.2) is 83.0 Å². The molecule has 0 saturated carbocycles. The van der Waals surface area contributed by atoms with E-state index >= 15 is 0 Å². The number of carbonyl (C=O) groups is 2. The van der Waals surface area contributed by atoms with Crippen LogP contribution in [0.15, 0.2) is 48.5 Å². The number of anilines is 1. The van der Waals surface area contributed by atoms with Crippen LogP contribution in [0.1, 0.15) is 47.7 Å². The Morgan fingerprint density at radius 1 is 0.943 bits per heavy atom. The van der Waals surface area contributed by atoms with Crippen molar-refractivity contribution in [2.45, 2.75) is 43.9 Å². The van der Waals surface area contributed by atoms with Crippen LogP contribution < -0.4 is 5.32 Å². The molecule has 3 aliphatic heterocycles. The number of hydrogen-bond donors (Lipinski definition) is 2. The lowest BCUT2D eigenvalue weighted by molar-refractivity contribution is -0.142. The number of aliphatic hydroxyl groups excluding tert-OH is 1. The quantitative estimate of drug-likeness (QED) is 0.641. The van der Waals surface area contributed by atoms with Crippen molar-refractivity contribution in [2.75, 3.05) is 44.6 Å². The molecular weight excluding hydrogens is 464 g/mol. The van der Waals surface area contributed by atoms with Gasteiger partial charge in [-0.1, -0.05) is 41.9 Å². The molecule has 3 saturated heterocycles. The van der Waals surface area contributed by atoms with Gasteiger partial charge < -0.3 is 20.2 Å². The van der Waals surface area contributed by atoms with Crippen molar-refractivity contribution >= 4 is 29.1 Å². The van der Waals surface area contributed by atoms with E-state index in [4.69, 9.17) is 11.6 Å². The molecule has 3 aliphatic rings. The lowest BCUT2D eigenvalue weighted by Gasteiger charge is -2.47. The largest absolute Gasteiger partial charge is 0.380 e. The number of hydrogen-bond acceptors (Lipinski definition) is 5. The summed E-state index contributed by atoms with van der Waals surface area (Å²) in [6.07, 6.45) is 2.87. The zero-order valence-corrected chi connectivity index (χ0v) is 20.7. The summed E-state index contributed by atoms with van der Waals surface area (Å²) in [5.41, 5.74) is 2.16. The minimum Gasteiger partial charge on any atom is -0.380 e. The van der Waals surface area contributed by atoms with Crippen LogP contribution in [-0.2, 0) is 4.79 Å². The van der Waals surface area contributed by atoms with Crippen LogP contribution >= 0.6 is 11.6 Å². The molecule has 2 aromatic carbocycles. The van der Waals surface area contributed by atoms with E-state index in [1.807, 2.05) is 41.3 Å². The molecule has 3 heterocycles. The van der Waals surface area contributed by atoms with Crippen molar-refractivity contribution in [1.29, 1.82) is 0 Å². The molecule has 35 heavy (non-hydrogen) atoms. The number of benzene rings is 2. The lowest BCUT2D eigenvalue weighted by atomic mass is 9.96. The first-order valence-corrected chi connectivity index (χ1v) is 13.0. The predicted molar refractivity (Wildman–Crippen MR) is 137 cm³/mol. The molecule has 2 N–H and O–H groups in total. The van der Waals surface area contributed by atoms with E-state index < -0.39 is 6.10 Å². The summed E-state index contributed by atoms with van der Waals surface area (Å²) in [6, 6.07) is 15.5. The van der Waals surface area contributed by atoms with E-state index in [1.54, 1.807) is 17.0 Å². The van der Waals surface area contributed by atoms with Crippen LogP contribution in [0, 0.1) is 0 Å². The van der Waals surface area contributed by atoms with Crippen molar-refractivity contribution < 1.29 is 14.7 Å². The SMILES string of the molecule is O=C(c1ccc(NC2CN(C3CCN(C(=O)C(O)c4ccccc4)CC3)C2)cc1Cl)N1CCCC1. The fourth-order valence-electron chi connectivity index (χ4n) is 5.41. The zero-order chi connectivity index (χ0) is 24.4. The highest BCUT2D eigenvalue weighted by Crippen LogP contribution is 2.28. The van der Waals surface area contributed by atoms with Gasteiger partial charge in [-0.05, 0) is 49.4 Å². The molecule has 0 radical (unpaired) electrons. The Morgan fingerprint density at radius 2 is 1.63 bits per heavy atom. The van der Waals surface area contributed by atoms with Gasteiger partial charge in [-0.25, -0.2) is 0 Å². The standard InChI is InChI=1S/C27H33ClN4O3/c28-24-16-20(8-9-23(24)26(34)30-12-4-5-13-30)29-21-17-32(18-21)22-10-14-31(15-11-22)27(35)25(33)19-6-2-1-3-7-19/h1-3,6-9,16,21-22,25,29,33H,4-5,10-15,17-18H2. The van der Waals surface area contributed by atoms with Gasteiger partial charge in [-0.15, -0.1) is 0 Å². The van der Waals surface area contributed by atoms with E-state index in [0.29, 0.717) is 41.3 Å². The summed E-state index contributed by atoms with van der Waals surface area (Å²) in [7, 11) is 0. The second-order valence-electron chi connectivity index (χ2n) is 9.86. The van der Waals surface area contributed by atoms with Crippen molar-refractivity contribution in [3.05, 3.63) is 64.7 Å². The first-order valence-electron chi connectivity index (χ1n) is 12.6. The maximum atomic E-state index is 12.7. The molecule has 2 amide bonds. The molecule has 0 spiro atoms. The van der Waals surface area contributed by atoms with Gasteiger partial charge in [0.15, 0.2) is 6.10 Å². The fourth-order valence-corrected chi connectivity index (χ4v) is 5.67. The van der Waals surface area contributed by atoms with Gasteiger partial charge in [0.2, 0.25) is 0 Å². The van der Waals surface area contributed by atoms with Crippen molar-refractivity contribution in [1.82, 2.24) is 14.7 Å². The third kappa shape index (κ3) is 5.32. The zero-order valence-electron chi connectivity index (χ0n) is 19.9. The third-order valence-electron chi connectivity index (χ3n) is 7.52. The van der Waals surface area contributed by atoms with Gasteiger partial charge in [0.05, 0.1) is 16.6 Å². The molecule has 1 unspecified atom stereocenters. The second-order valence-corrected chi connectivity index (χ2v) is 10.3. The van der Waals surface area contributed by atoms with Crippen LogP contribution in [0.3, 0.4) is 0 Å². The molecule has 5 rings (SSSR count). The summed E-state index contributed by atoms with van der Waals surface area (Å²) in [4.78, 5) is 31.5. The average molecular weight is 497 g/mol.